The summed E-state index contributed by atoms with van der Waals surface area (Å²) in [7, 11) is 1.61. The molecule has 0 bridgehead atoms. The topological polar surface area (TPSA) is 66.2 Å². The van der Waals surface area contributed by atoms with Gasteiger partial charge in [-0.1, -0.05) is 6.07 Å². The van der Waals surface area contributed by atoms with E-state index in [1.54, 1.807) is 7.11 Å². The Morgan fingerprint density at radius 1 is 1.11 bits per heavy atom. The highest BCUT2D eigenvalue weighted by atomic mass is 32.1. The number of hydrogen-bond acceptors (Lipinski definition) is 3. The first-order valence-corrected chi connectivity index (χ1v) is 9.18. The third kappa shape index (κ3) is 4.86. The number of thiocarbonyl (C=S) groups is 1. The Morgan fingerprint density at radius 3 is 2.56 bits per heavy atom. The summed E-state index contributed by atoms with van der Waals surface area (Å²) >= 11 is 5.35. The lowest BCUT2D eigenvalue weighted by molar-refractivity contribution is 0.415. The first-order valence-electron chi connectivity index (χ1n) is 8.78. The van der Waals surface area contributed by atoms with E-state index in [9.17, 15) is 4.79 Å². The number of pyridine rings is 1. The number of aryl methyl sites for hydroxylation is 2. The molecule has 2 aromatic carbocycles. The number of aromatic amines is 1. The first kappa shape index (κ1) is 18.9. The van der Waals surface area contributed by atoms with E-state index in [2.05, 4.69) is 35.5 Å². The average Bonchev–Trinajstić information content (AvgIpc) is 2.60. The zero-order valence-corrected chi connectivity index (χ0v) is 16.5. The van der Waals surface area contributed by atoms with E-state index in [1.165, 1.54) is 11.1 Å². The van der Waals surface area contributed by atoms with Gasteiger partial charge in [-0.25, -0.2) is 0 Å². The van der Waals surface area contributed by atoms with Crippen molar-refractivity contribution in [3.05, 3.63) is 69.5 Å². The van der Waals surface area contributed by atoms with E-state index in [1.807, 2.05) is 36.4 Å². The van der Waals surface area contributed by atoms with Crippen molar-refractivity contribution in [2.45, 2.75) is 20.3 Å². The number of anilines is 1. The predicted molar refractivity (Wildman–Crippen MR) is 115 cm³/mol. The summed E-state index contributed by atoms with van der Waals surface area (Å²) in [5, 5.41) is 7.86. The monoisotopic (exact) mass is 381 g/mol. The van der Waals surface area contributed by atoms with Crippen LogP contribution in [-0.4, -0.2) is 23.8 Å². The van der Waals surface area contributed by atoms with E-state index >= 15 is 0 Å². The Kier molecular flexibility index (Phi) is 5.76. The lowest BCUT2D eigenvalue weighted by Gasteiger charge is -2.12. The number of hydrogen-bond donors (Lipinski definition) is 3. The molecule has 0 spiro atoms. The van der Waals surface area contributed by atoms with Crippen molar-refractivity contribution in [2.75, 3.05) is 19.0 Å². The standard InChI is InChI=1S/C21H23N3O2S/c1-13-8-14(2)10-17(9-13)23-21(27)22-7-6-16-11-15-4-5-18(26-3)12-19(15)24-20(16)25/h4-5,8-12H,6-7H2,1-3H3,(H,24,25)(H2,22,23,27). The zero-order chi connectivity index (χ0) is 19.4. The minimum Gasteiger partial charge on any atom is -0.497 e. The van der Waals surface area contributed by atoms with Crippen molar-refractivity contribution < 1.29 is 4.74 Å². The quantitative estimate of drug-likeness (QED) is 0.589. The van der Waals surface area contributed by atoms with Crippen LogP contribution < -0.4 is 20.9 Å². The zero-order valence-electron chi connectivity index (χ0n) is 15.7. The number of fused-ring (bicyclic) bond motifs is 1. The van der Waals surface area contributed by atoms with Gasteiger partial charge in [0.05, 0.1) is 12.6 Å². The number of nitrogens with one attached hydrogen (secondary N) is 3. The molecule has 0 aliphatic carbocycles. The first-order chi connectivity index (χ1) is 12.9. The fourth-order valence-electron chi connectivity index (χ4n) is 3.07. The number of benzene rings is 2. The molecule has 3 N–H and O–H groups in total. The normalized spacial score (nSPS) is 10.6. The van der Waals surface area contributed by atoms with Gasteiger partial charge >= 0.3 is 0 Å². The van der Waals surface area contributed by atoms with Crippen LogP contribution in [0.3, 0.4) is 0 Å². The largest absolute Gasteiger partial charge is 0.497 e. The molecule has 0 radical (unpaired) electrons. The van der Waals surface area contributed by atoms with Crippen LogP contribution in [0, 0.1) is 13.8 Å². The number of ether oxygens (including phenoxy) is 1. The highest BCUT2D eigenvalue weighted by Gasteiger charge is 2.05. The number of aromatic nitrogens is 1. The molecule has 0 amide bonds. The molecule has 0 aliphatic rings. The molecule has 3 aromatic rings. The summed E-state index contributed by atoms with van der Waals surface area (Å²) in [6.45, 7) is 4.67. The lowest BCUT2D eigenvalue weighted by atomic mass is 10.1. The van der Waals surface area contributed by atoms with Crippen LogP contribution in [0.2, 0.25) is 0 Å². The van der Waals surface area contributed by atoms with Gasteiger partial charge in [-0.3, -0.25) is 4.79 Å². The molecule has 3 rings (SSSR count). The average molecular weight is 382 g/mol. The Morgan fingerprint density at radius 2 is 1.85 bits per heavy atom. The van der Waals surface area contributed by atoms with Crippen LogP contribution in [0.25, 0.3) is 10.9 Å². The Bertz CT molecular complexity index is 1020. The summed E-state index contributed by atoms with van der Waals surface area (Å²) in [4.78, 5) is 15.2. The SMILES string of the molecule is COc1ccc2cc(CCNC(=S)Nc3cc(C)cc(C)c3)c(=O)[nH]c2c1. The van der Waals surface area contributed by atoms with Crippen molar-refractivity contribution in [3.8, 4) is 5.75 Å². The molecule has 0 atom stereocenters. The van der Waals surface area contributed by atoms with Crippen molar-refractivity contribution in [2.24, 2.45) is 0 Å². The summed E-state index contributed by atoms with van der Waals surface area (Å²) in [5.41, 5.74) is 4.71. The van der Waals surface area contributed by atoms with Gasteiger partial charge in [0, 0.05) is 23.9 Å². The summed E-state index contributed by atoms with van der Waals surface area (Å²) < 4.78 is 5.19. The predicted octanol–water partition coefficient (Wildman–Crippen LogP) is 3.68. The van der Waals surface area contributed by atoms with Crippen LogP contribution in [0.5, 0.6) is 5.75 Å². The summed E-state index contributed by atoms with van der Waals surface area (Å²) in [5.74, 6) is 0.718. The van der Waals surface area contributed by atoms with E-state index < -0.39 is 0 Å². The van der Waals surface area contributed by atoms with Crippen LogP contribution in [0.1, 0.15) is 16.7 Å². The van der Waals surface area contributed by atoms with Gasteiger partial charge in [0.1, 0.15) is 5.75 Å². The molecule has 0 aliphatic heterocycles. The fraction of sp³-hybridized carbons (Fsp3) is 0.238. The Labute approximate surface area is 163 Å². The molecule has 5 nitrogen and oxygen atoms in total. The van der Waals surface area contributed by atoms with Crippen molar-refractivity contribution in [3.63, 3.8) is 0 Å². The molecule has 140 valence electrons. The van der Waals surface area contributed by atoms with Gasteiger partial charge in [0.15, 0.2) is 5.11 Å². The van der Waals surface area contributed by atoms with Crippen LogP contribution in [-0.2, 0) is 6.42 Å². The smallest absolute Gasteiger partial charge is 0.251 e. The van der Waals surface area contributed by atoms with E-state index in [0.29, 0.717) is 18.1 Å². The molecule has 0 saturated heterocycles. The maximum Gasteiger partial charge on any atom is 0.251 e. The minimum atomic E-state index is -0.0919. The van der Waals surface area contributed by atoms with Crippen molar-refractivity contribution in [1.29, 1.82) is 0 Å². The molecule has 27 heavy (non-hydrogen) atoms. The molecule has 1 aromatic heterocycles. The lowest BCUT2D eigenvalue weighted by Crippen LogP contribution is -2.31. The van der Waals surface area contributed by atoms with E-state index in [4.69, 9.17) is 17.0 Å². The fourth-order valence-corrected chi connectivity index (χ4v) is 3.29. The highest BCUT2D eigenvalue weighted by Crippen LogP contribution is 2.18. The number of methoxy groups -OCH3 is 1. The van der Waals surface area contributed by atoms with Gasteiger partial charge < -0.3 is 20.4 Å². The molecular weight excluding hydrogens is 358 g/mol. The second-order valence-electron chi connectivity index (χ2n) is 6.58. The van der Waals surface area contributed by atoms with Crippen LogP contribution in [0.15, 0.2) is 47.3 Å². The van der Waals surface area contributed by atoms with Crippen molar-refractivity contribution in [1.82, 2.24) is 10.3 Å². The van der Waals surface area contributed by atoms with Gasteiger partial charge in [0.25, 0.3) is 5.56 Å². The molecular formula is C21H23N3O2S. The number of H-pyrrole nitrogens is 1. The van der Waals surface area contributed by atoms with Crippen LogP contribution in [0.4, 0.5) is 5.69 Å². The molecule has 6 heteroatoms. The second kappa shape index (κ2) is 8.22. The minimum absolute atomic E-state index is 0.0919. The van der Waals surface area contributed by atoms with Gasteiger partial charge in [-0.2, -0.15) is 0 Å². The molecule has 0 fully saturated rings. The third-order valence-corrected chi connectivity index (χ3v) is 4.54. The molecule has 1 heterocycles. The van der Waals surface area contributed by atoms with Gasteiger partial charge in [-0.05, 0) is 79.3 Å². The van der Waals surface area contributed by atoms with Crippen molar-refractivity contribution >= 4 is 33.9 Å². The van der Waals surface area contributed by atoms with E-state index in [-0.39, 0.29) is 5.56 Å². The Balaban J connectivity index is 1.62. The Hall–Kier alpha value is -2.86. The number of rotatable bonds is 5. The summed E-state index contributed by atoms with van der Waals surface area (Å²) in [6.07, 6.45) is 0.575. The highest BCUT2D eigenvalue weighted by molar-refractivity contribution is 7.80. The second-order valence-corrected chi connectivity index (χ2v) is 6.99. The van der Waals surface area contributed by atoms with Gasteiger partial charge in [-0.15, -0.1) is 0 Å². The molecule has 0 saturated carbocycles. The molecule has 0 unspecified atom stereocenters. The maximum absolute atomic E-state index is 12.3. The third-order valence-electron chi connectivity index (χ3n) is 4.29. The maximum atomic E-state index is 12.3. The van der Waals surface area contributed by atoms with E-state index in [0.717, 1.165) is 27.9 Å². The van der Waals surface area contributed by atoms with Gasteiger partial charge in [0.2, 0.25) is 0 Å². The summed E-state index contributed by atoms with van der Waals surface area (Å²) in [6, 6.07) is 13.8. The van der Waals surface area contributed by atoms with Crippen LogP contribution >= 0.6 is 12.2 Å².